The molecule has 1 N–H and O–H groups in total. The fourth-order valence-electron chi connectivity index (χ4n) is 2.30. The van der Waals surface area contributed by atoms with Crippen LogP contribution in [0.3, 0.4) is 0 Å². The number of hydrogen-bond acceptors (Lipinski definition) is 3. The highest BCUT2D eigenvalue weighted by molar-refractivity contribution is 6.33. The van der Waals surface area contributed by atoms with Crippen molar-refractivity contribution in [2.24, 2.45) is 0 Å². The van der Waals surface area contributed by atoms with Crippen molar-refractivity contribution >= 4 is 34.2 Å². The van der Waals surface area contributed by atoms with E-state index in [-0.39, 0.29) is 0 Å². The number of nitrogens with zero attached hydrogens (tertiary/aromatic N) is 2. The molecule has 1 unspecified atom stereocenters. The van der Waals surface area contributed by atoms with Crippen LogP contribution in [0.2, 0.25) is 10.0 Å². The topological polar surface area (TPSA) is 46.0 Å². The van der Waals surface area contributed by atoms with Gasteiger partial charge in [-0.1, -0.05) is 35.3 Å². The van der Waals surface area contributed by atoms with Gasteiger partial charge in [-0.15, -0.1) is 0 Å². The van der Waals surface area contributed by atoms with Gasteiger partial charge >= 0.3 is 0 Å². The molecule has 3 aromatic rings. The van der Waals surface area contributed by atoms with Gasteiger partial charge in [-0.2, -0.15) is 0 Å². The first-order valence-electron chi connectivity index (χ1n) is 6.47. The maximum absolute atomic E-state index is 10.5. The van der Waals surface area contributed by atoms with Gasteiger partial charge in [0.25, 0.3) is 0 Å². The molecule has 1 atom stereocenters. The molecule has 1 aromatic heterocycles. The molecule has 0 radical (unpaired) electrons. The van der Waals surface area contributed by atoms with Crippen LogP contribution in [0.5, 0.6) is 0 Å². The molecule has 5 heteroatoms. The van der Waals surface area contributed by atoms with Gasteiger partial charge in [0, 0.05) is 34.4 Å². The molecule has 3 nitrogen and oxygen atoms in total. The zero-order valence-electron chi connectivity index (χ0n) is 11.0. The number of fused-ring (bicyclic) bond motifs is 1. The average molecular weight is 319 g/mol. The smallest absolute Gasteiger partial charge is 0.0944 e. The van der Waals surface area contributed by atoms with Crippen molar-refractivity contribution in [2.45, 2.75) is 12.5 Å². The highest BCUT2D eigenvalue weighted by Crippen LogP contribution is 2.28. The second kappa shape index (κ2) is 5.98. The largest absolute Gasteiger partial charge is 0.388 e. The summed E-state index contributed by atoms with van der Waals surface area (Å²) in [4.78, 5) is 8.54. The molecule has 0 fully saturated rings. The number of para-hydroxylation sites is 1. The molecule has 0 saturated carbocycles. The summed E-state index contributed by atoms with van der Waals surface area (Å²) in [6, 6.07) is 10.8. The van der Waals surface area contributed by atoms with Crippen molar-refractivity contribution in [3.63, 3.8) is 0 Å². The van der Waals surface area contributed by atoms with E-state index >= 15 is 0 Å². The highest BCUT2D eigenvalue weighted by atomic mass is 35.5. The van der Waals surface area contributed by atoms with Gasteiger partial charge in [0.05, 0.1) is 17.1 Å². The van der Waals surface area contributed by atoms with Gasteiger partial charge in [0.2, 0.25) is 0 Å². The number of rotatable bonds is 3. The van der Waals surface area contributed by atoms with Crippen molar-refractivity contribution in [3.05, 3.63) is 70.0 Å². The van der Waals surface area contributed by atoms with Crippen LogP contribution in [-0.4, -0.2) is 15.1 Å². The van der Waals surface area contributed by atoms with Gasteiger partial charge in [0.15, 0.2) is 0 Å². The minimum Gasteiger partial charge on any atom is -0.388 e. The third kappa shape index (κ3) is 3.00. The zero-order chi connectivity index (χ0) is 14.8. The van der Waals surface area contributed by atoms with Crippen LogP contribution in [0, 0.1) is 0 Å². The minimum absolute atomic E-state index is 0.370. The predicted octanol–water partition coefficient (Wildman–Crippen LogP) is 4.21. The Morgan fingerprint density at radius 3 is 2.71 bits per heavy atom. The van der Waals surface area contributed by atoms with Crippen LogP contribution in [-0.2, 0) is 6.42 Å². The third-order valence-corrected chi connectivity index (χ3v) is 3.91. The zero-order valence-corrected chi connectivity index (χ0v) is 12.5. The van der Waals surface area contributed by atoms with E-state index in [4.69, 9.17) is 23.2 Å². The molecular formula is C16H12Cl2N2O. The van der Waals surface area contributed by atoms with Crippen LogP contribution in [0.25, 0.3) is 11.0 Å². The first-order chi connectivity index (χ1) is 10.1. The Morgan fingerprint density at radius 2 is 1.86 bits per heavy atom. The quantitative estimate of drug-likeness (QED) is 0.786. The molecule has 106 valence electrons. The van der Waals surface area contributed by atoms with E-state index in [0.29, 0.717) is 22.0 Å². The Bertz CT molecular complexity index is 787. The summed E-state index contributed by atoms with van der Waals surface area (Å²) in [6.45, 7) is 0. The fraction of sp³-hybridized carbons (Fsp3) is 0.125. The molecule has 0 aliphatic heterocycles. The molecule has 21 heavy (non-hydrogen) atoms. The van der Waals surface area contributed by atoms with Crippen molar-refractivity contribution in [3.8, 4) is 0 Å². The van der Waals surface area contributed by atoms with E-state index in [1.54, 1.807) is 30.6 Å². The Balaban J connectivity index is 1.97. The van der Waals surface area contributed by atoms with Crippen LogP contribution >= 0.6 is 23.2 Å². The summed E-state index contributed by atoms with van der Waals surface area (Å²) in [7, 11) is 0. The van der Waals surface area contributed by atoms with Gasteiger partial charge in [-0.25, -0.2) is 0 Å². The first-order valence-corrected chi connectivity index (χ1v) is 7.22. The lowest BCUT2D eigenvalue weighted by Crippen LogP contribution is -2.04. The summed E-state index contributed by atoms with van der Waals surface area (Å²) in [5.74, 6) is 0. The summed E-state index contributed by atoms with van der Waals surface area (Å²) in [6.07, 6.45) is 2.90. The lowest BCUT2D eigenvalue weighted by atomic mass is 10.00. The number of benzene rings is 2. The van der Waals surface area contributed by atoms with E-state index in [9.17, 15) is 5.11 Å². The second-order valence-electron chi connectivity index (χ2n) is 4.73. The Hall–Kier alpha value is -1.68. The normalized spacial score (nSPS) is 12.5. The molecule has 0 saturated heterocycles. The lowest BCUT2D eigenvalue weighted by Gasteiger charge is -2.14. The standard InChI is InChI=1S/C16H12Cl2N2O/c17-11-4-5-13(18)10(8-11)9-15(21)12-2-1-3-14-16(12)20-7-6-19-14/h1-8,15,21H,9H2. The third-order valence-electron chi connectivity index (χ3n) is 3.31. The summed E-state index contributed by atoms with van der Waals surface area (Å²) in [5, 5.41) is 11.7. The predicted molar refractivity (Wildman–Crippen MR) is 84.7 cm³/mol. The number of aliphatic hydroxyl groups is 1. The molecular weight excluding hydrogens is 307 g/mol. The van der Waals surface area contributed by atoms with Gasteiger partial charge in [-0.05, 0) is 29.8 Å². The molecule has 0 bridgehead atoms. The number of aromatic nitrogens is 2. The van der Waals surface area contributed by atoms with Crippen LogP contribution in [0.4, 0.5) is 0 Å². The van der Waals surface area contributed by atoms with E-state index in [1.807, 2.05) is 18.2 Å². The Morgan fingerprint density at radius 1 is 1.05 bits per heavy atom. The molecule has 1 heterocycles. The van der Waals surface area contributed by atoms with E-state index < -0.39 is 6.10 Å². The van der Waals surface area contributed by atoms with E-state index in [0.717, 1.165) is 16.6 Å². The Kier molecular flexibility index (Phi) is 4.06. The molecule has 3 rings (SSSR count). The summed E-state index contributed by atoms with van der Waals surface area (Å²) in [5.41, 5.74) is 2.99. The summed E-state index contributed by atoms with van der Waals surface area (Å²) < 4.78 is 0. The van der Waals surface area contributed by atoms with Crippen molar-refractivity contribution in [1.82, 2.24) is 9.97 Å². The van der Waals surface area contributed by atoms with Gasteiger partial charge < -0.3 is 5.11 Å². The Labute approximate surface area is 132 Å². The maximum atomic E-state index is 10.5. The maximum Gasteiger partial charge on any atom is 0.0944 e. The van der Waals surface area contributed by atoms with Gasteiger partial charge in [0.1, 0.15) is 0 Å². The number of halogens is 2. The molecule has 0 aliphatic carbocycles. The molecule has 0 spiro atoms. The van der Waals surface area contributed by atoms with Crippen molar-refractivity contribution in [1.29, 1.82) is 0 Å². The van der Waals surface area contributed by atoms with E-state index in [2.05, 4.69) is 9.97 Å². The van der Waals surface area contributed by atoms with Crippen molar-refractivity contribution < 1.29 is 5.11 Å². The average Bonchev–Trinajstić information content (AvgIpc) is 2.50. The highest BCUT2D eigenvalue weighted by Gasteiger charge is 2.15. The monoisotopic (exact) mass is 318 g/mol. The fourth-order valence-corrected chi connectivity index (χ4v) is 2.69. The number of hydrogen-bond donors (Lipinski definition) is 1. The SMILES string of the molecule is OC(Cc1cc(Cl)ccc1Cl)c1cccc2nccnc12. The van der Waals surface area contributed by atoms with Crippen LogP contribution in [0.15, 0.2) is 48.8 Å². The minimum atomic E-state index is -0.721. The molecule has 0 amide bonds. The van der Waals surface area contributed by atoms with Crippen molar-refractivity contribution in [2.75, 3.05) is 0 Å². The van der Waals surface area contributed by atoms with Crippen LogP contribution in [0.1, 0.15) is 17.2 Å². The molecule has 2 aromatic carbocycles. The summed E-state index contributed by atoms with van der Waals surface area (Å²) >= 11 is 12.1. The van der Waals surface area contributed by atoms with Crippen LogP contribution < -0.4 is 0 Å². The lowest BCUT2D eigenvalue weighted by molar-refractivity contribution is 0.180. The second-order valence-corrected chi connectivity index (χ2v) is 5.57. The molecule has 0 aliphatic rings. The van der Waals surface area contributed by atoms with E-state index in [1.165, 1.54) is 0 Å². The first kappa shape index (κ1) is 14.3. The number of aliphatic hydroxyl groups excluding tert-OH is 1. The van der Waals surface area contributed by atoms with Gasteiger partial charge in [-0.3, -0.25) is 9.97 Å².